The van der Waals surface area contributed by atoms with Crippen molar-refractivity contribution in [1.29, 1.82) is 0 Å². The fourth-order valence-electron chi connectivity index (χ4n) is 8.99. The summed E-state index contributed by atoms with van der Waals surface area (Å²) in [6.07, 6.45) is 6.12. The van der Waals surface area contributed by atoms with Crippen molar-refractivity contribution in [2.45, 2.75) is 56.9 Å². The molecule has 0 aromatic heterocycles. The summed E-state index contributed by atoms with van der Waals surface area (Å²) in [5.41, 5.74) is 16.2. The van der Waals surface area contributed by atoms with Gasteiger partial charge in [-0.1, -0.05) is 86.5 Å². The van der Waals surface area contributed by atoms with E-state index in [1.54, 1.807) is 5.56 Å². The van der Waals surface area contributed by atoms with E-state index in [1.165, 1.54) is 81.7 Å². The van der Waals surface area contributed by atoms with Gasteiger partial charge in [0.2, 0.25) is 0 Å². The maximum absolute atomic E-state index is 2.81. The van der Waals surface area contributed by atoms with Crippen LogP contribution in [0.2, 0.25) is 0 Å². The van der Waals surface area contributed by atoms with Gasteiger partial charge in [0.15, 0.2) is 0 Å². The van der Waals surface area contributed by atoms with Crippen molar-refractivity contribution in [2.75, 3.05) is 9.80 Å². The lowest BCUT2D eigenvalue weighted by molar-refractivity contribution is 0.195. The Kier molecular flexibility index (Phi) is 3.93. The highest BCUT2D eigenvalue weighted by atomic mass is 15.3. The zero-order valence-corrected chi connectivity index (χ0v) is 22.2. The minimum atomic E-state index is 0.0869. The van der Waals surface area contributed by atoms with Gasteiger partial charge in [0.1, 0.15) is 0 Å². The van der Waals surface area contributed by atoms with E-state index >= 15 is 0 Å². The van der Waals surface area contributed by atoms with E-state index in [2.05, 4.69) is 115 Å². The van der Waals surface area contributed by atoms with E-state index in [4.69, 9.17) is 0 Å². The summed E-state index contributed by atoms with van der Waals surface area (Å²) >= 11 is 0. The van der Waals surface area contributed by atoms with E-state index in [0.29, 0.717) is 0 Å². The lowest BCUT2D eigenvalue weighted by Gasteiger charge is -2.52. The van der Waals surface area contributed by atoms with Crippen molar-refractivity contribution in [3.63, 3.8) is 0 Å². The first-order valence-electron chi connectivity index (χ1n) is 14.3. The molecule has 184 valence electrons. The minimum absolute atomic E-state index is 0.0869. The maximum atomic E-state index is 2.81. The first kappa shape index (κ1) is 21.2. The zero-order valence-electron chi connectivity index (χ0n) is 22.2. The van der Waals surface area contributed by atoms with Crippen molar-refractivity contribution < 1.29 is 0 Å². The van der Waals surface area contributed by atoms with Crippen LogP contribution in [0.25, 0.3) is 5.47 Å². The standard InChI is InChI=1S/C35H31BN2/c1-34-20-8-9-21-35(34,2)38-29-19-11-18-28-32(29)36(27-17-10-16-26(34)33(27)38)31-25-15-7-6-12-23(25)22-30(31)37(28)24-13-4-3-5-14-24/h3-7,10-19H,8-9,20-22H2,1-2H3. The third-order valence-electron chi connectivity index (χ3n) is 10.8. The molecule has 0 radical (unpaired) electrons. The lowest BCUT2D eigenvalue weighted by atomic mass is 9.32. The third kappa shape index (κ3) is 2.30. The van der Waals surface area contributed by atoms with Gasteiger partial charge >= 0.3 is 0 Å². The predicted octanol–water partition coefficient (Wildman–Crippen LogP) is 7.01. The first-order chi connectivity index (χ1) is 18.6. The molecule has 0 bridgehead atoms. The Morgan fingerprint density at radius 2 is 1.50 bits per heavy atom. The van der Waals surface area contributed by atoms with E-state index in [0.717, 1.165) is 6.42 Å². The largest absolute Gasteiger partial charge is 0.335 e. The zero-order chi connectivity index (χ0) is 25.2. The van der Waals surface area contributed by atoms with Gasteiger partial charge in [0, 0.05) is 40.3 Å². The van der Waals surface area contributed by atoms with Crippen LogP contribution in [0.5, 0.6) is 0 Å². The van der Waals surface area contributed by atoms with Gasteiger partial charge in [0.05, 0.1) is 5.54 Å². The number of allylic oxidation sites excluding steroid dienone is 1. The Hall–Kier alpha value is -3.72. The fraction of sp³-hybridized carbons (Fsp3) is 0.257. The number of anilines is 4. The summed E-state index contributed by atoms with van der Waals surface area (Å²) < 4.78 is 0. The molecule has 0 saturated heterocycles. The third-order valence-corrected chi connectivity index (χ3v) is 10.8. The molecule has 0 amide bonds. The predicted molar refractivity (Wildman–Crippen MR) is 160 cm³/mol. The number of benzene rings is 4. The van der Waals surface area contributed by atoms with Gasteiger partial charge in [-0.05, 0) is 77.1 Å². The minimum Gasteiger partial charge on any atom is -0.335 e. The van der Waals surface area contributed by atoms with Crippen LogP contribution < -0.4 is 20.7 Å². The Labute approximate surface area is 225 Å². The molecule has 38 heavy (non-hydrogen) atoms. The van der Waals surface area contributed by atoms with Crippen molar-refractivity contribution in [3.8, 4) is 0 Å². The van der Waals surface area contributed by atoms with Gasteiger partial charge in [0.25, 0.3) is 6.71 Å². The summed E-state index contributed by atoms with van der Waals surface area (Å²) in [6.45, 7) is 5.38. The molecule has 2 atom stereocenters. The van der Waals surface area contributed by atoms with E-state index in [-0.39, 0.29) is 17.7 Å². The highest BCUT2D eigenvalue weighted by Crippen LogP contribution is 2.62. The Bertz CT molecular complexity index is 1700. The number of rotatable bonds is 1. The van der Waals surface area contributed by atoms with Crippen LogP contribution in [0.1, 0.15) is 56.2 Å². The van der Waals surface area contributed by atoms with Gasteiger partial charge in [-0.2, -0.15) is 0 Å². The average molecular weight is 490 g/mol. The van der Waals surface area contributed by atoms with Crippen LogP contribution in [-0.2, 0) is 11.8 Å². The number of nitrogens with zero attached hydrogens (tertiary/aromatic N) is 2. The summed E-state index contributed by atoms with van der Waals surface area (Å²) in [5.74, 6) is 0. The second kappa shape index (κ2) is 7.02. The number of hydrogen-bond acceptors (Lipinski definition) is 2. The Morgan fingerprint density at radius 3 is 2.39 bits per heavy atom. The molecule has 2 nitrogen and oxygen atoms in total. The van der Waals surface area contributed by atoms with Crippen LogP contribution in [-0.4, -0.2) is 12.3 Å². The van der Waals surface area contributed by atoms with Crippen LogP contribution in [0.15, 0.2) is 96.7 Å². The maximum Gasteiger partial charge on any atom is 0.252 e. The van der Waals surface area contributed by atoms with Gasteiger partial charge in [-0.3, -0.25) is 0 Å². The number of fused-ring (bicyclic) bond motifs is 8. The molecule has 5 aliphatic rings. The van der Waals surface area contributed by atoms with E-state index < -0.39 is 0 Å². The normalized spacial score (nSPS) is 25.6. The highest BCUT2D eigenvalue weighted by Gasteiger charge is 2.61. The number of para-hydroxylation sites is 2. The molecule has 4 aromatic rings. The Balaban J connectivity index is 1.41. The van der Waals surface area contributed by atoms with Crippen LogP contribution >= 0.6 is 0 Å². The molecular weight excluding hydrogens is 459 g/mol. The molecule has 2 unspecified atom stereocenters. The topological polar surface area (TPSA) is 6.48 Å². The Morgan fingerprint density at radius 1 is 0.737 bits per heavy atom. The second-order valence-corrected chi connectivity index (χ2v) is 12.4. The average Bonchev–Trinajstić information content (AvgIpc) is 3.43. The van der Waals surface area contributed by atoms with Gasteiger partial charge in [-0.25, -0.2) is 0 Å². The lowest BCUT2D eigenvalue weighted by Crippen LogP contribution is -2.61. The van der Waals surface area contributed by atoms with Crippen LogP contribution in [0, 0.1) is 0 Å². The second-order valence-electron chi connectivity index (χ2n) is 12.4. The molecule has 4 aromatic carbocycles. The SMILES string of the molecule is CC12CCCCC1(C)N1c3cccc4c3B(C3=C(Cc5ccccc53)N4c3ccccc3)c3cccc2c31. The molecule has 1 saturated carbocycles. The molecule has 3 aliphatic heterocycles. The first-order valence-corrected chi connectivity index (χ1v) is 14.3. The van der Waals surface area contributed by atoms with Crippen LogP contribution in [0.4, 0.5) is 22.7 Å². The molecule has 3 heteroatoms. The summed E-state index contributed by atoms with van der Waals surface area (Å²) in [5, 5.41) is 0. The quantitative estimate of drug-likeness (QED) is 0.265. The molecule has 2 aliphatic carbocycles. The molecule has 0 N–H and O–H groups in total. The molecule has 0 spiro atoms. The van der Waals surface area contributed by atoms with Crippen molar-refractivity contribution >= 4 is 45.9 Å². The van der Waals surface area contributed by atoms with E-state index in [1.807, 2.05) is 0 Å². The van der Waals surface area contributed by atoms with Crippen molar-refractivity contribution in [2.24, 2.45) is 0 Å². The molecule has 1 fully saturated rings. The van der Waals surface area contributed by atoms with Crippen molar-refractivity contribution in [1.82, 2.24) is 0 Å². The summed E-state index contributed by atoms with van der Waals surface area (Å²) in [7, 11) is 0. The van der Waals surface area contributed by atoms with E-state index in [9.17, 15) is 0 Å². The smallest absolute Gasteiger partial charge is 0.252 e. The van der Waals surface area contributed by atoms with Crippen molar-refractivity contribution in [3.05, 3.63) is 113 Å². The monoisotopic (exact) mass is 490 g/mol. The van der Waals surface area contributed by atoms with Crippen LogP contribution in [0.3, 0.4) is 0 Å². The molecule has 9 rings (SSSR count). The fourth-order valence-corrected chi connectivity index (χ4v) is 8.99. The highest BCUT2D eigenvalue weighted by molar-refractivity contribution is 7.03. The van der Waals surface area contributed by atoms with Gasteiger partial charge < -0.3 is 9.80 Å². The van der Waals surface area contributed by atoms with Gasteiger partial charge in [-0.15, -0.1) is 0 Å². The summed E-state index contributed by atoms with van der Waals surface area (Å²) in [6, 6.07) is 34.5. The number of hydrogen-bond donors (Lipinski definition) is 0. The molecular formula is C35H31BN2. The summed E-state index contributed by atoms with van der Waals surface area (Å²) in [4.78, 5) is 5.39. The molecule has 3 heterocycles.